The lowest BCUT2D eigenvalue weighted by Crippen LogP contribution is -2.34. The fourth-order valence-electron chi connectivity index (χ4n) is 2.82. The van der Waals surface area contributed by atoms with Gasteiger partial charge in [0, 0.05) is 6.07 Å². The molecule has 0 fully saturated rings. The van der Waals surface area contributed by atoms with Crippen LogP contribution in [0.25, 0.3) is 11.0 Å². The number of unbranched alkanes of at least 4 members (excludes halogenated alkanes) is 3. The number of benzene rings is 1. The van der Waals surface area contributed by atoms with Gasteiger partial charge in [0.1, 0.15) is 5.69 Å². The van der Waals surface area contributed by atoms with Crippen molar-refractivity contribution < 1.29 is 9.30 Å². The average Bonchev–Trinajstić information content (AvgIpc) is 3.06. The molecule has 0 aliphatic heterocycles. The van der Waals surface area contributed by atoms with Crippen molar-refractivity contribution in [3.63, 3.8) is 0 Å². The van der Waals surface area contributed by atoms with Gasteiger partial charge >= 0.3 is 0 Å². The lowest BCUT2D eigenvalue weighted by atomic mass is 10.2. The quantitative estimate of drug-likeness (QED) is 0.449. The number of fused-ring (bicyclic) bond motifs is 1. The Hall–Kier alpha value is -2.40. The first-order valence-electron chi connectivity index (χ1n) is 9.07. The molecule has 1 N–H and O–H groups in total. The molecule has 0 spiro atoms. The van der Waals surface area contributed by atoms with Gasteiger partial charge in [0.2, 0.25) is 0 Å². The summed E-state index contributed by atoms with van der Waals surface area (Å²) in [5, 5.41) is 3.44. The summed E-state index contributed by atoms with van der Waals surface area (Å²) in [6, 6.07) is 12.3. The summed E-state index contributed by atoms with van der Waals surface area (Å²) in [4.78, 5) is 4.42. The van der Waals surface area contributed by atoms with Gasteiger partial charge in [-0.1, -0.05) is 38.3 Å². The highest BCUT2D eigenvalue weighted by molar-refractivity contribution is 5.74. The van der Waals surface area contributed by atoms with E-state index in [0.717, 1.165) is 29.7 Å². The topological polar surface area (TPSA) is 43.0 Å². The molecule has 0 saturated heterocycles. The van der Waals surface area contributed by atoms with Crippen LogP contribution in [0.3, 0.4) is 0 Å². The van der Waals surface area contributed by atoms with Crippen LogP contribution in [0.1, 0.15) is 32.6 Å². The second-order valence-corrected chi connectivity index (χ2v) is 6.24. The fraction of sp³-hybridized carbons (Fsp3) is 0.400. The minimum Gasteiger partial charge on any atom is -0.363 e. The largest absolute Gasteiger partial charge is 0.363 e. The van der Waals surface area contributed by atoms with Crippen LogP contribution < -0.4 is 9.88 Å². The third-order valence-electron chi connectivity index (χ3n) is 4.22. The number of ether oxygens (including phenoxy) is 1. The second kappa shape index (κ2) is 9.18. The number of anilines is 1. The zero-order chi connectivity index (χ0) is 17.3. The van der Waals surface area contributed by atoms with Crippen molar-refractivity contribution in [1.29, 1.82) is 0 Å². The van der Waals surface area contributed by atoms with Crippen LogP contribution in [0.2, 0.25) is 0 Å². The van der Waals surface area contributed by atoms with E-state index in [4.69, 9.17) is 4.74 Å². The number of imidazole rings is 1. The average molecular weight is 339 g/mol. The van der Waals surface area contributed by atoms with Crippen molar-refractivity contribution in [3.8, 4) is 0 Å². The van der Waals surface area contributed by atoms with Crippen LogP contribution in [-0.4, -0.2) is 16.2 Å². The Morgan fingerprint density at radius 1 is 1.12 bits per heavy atom. The van der Waals surface area contributed by atoms with Crippen molar-refractivity contribution in [2.24, 2.45) is 0 Å². The van der Waals surface area contributed by atoms with Crippen LogP contribution in [0.4, 0.5) is 5.69 Å². The lowest BCUT2D eigenvalue weighted by molar-refractivity contribution is -0.732. The van der Waals surface area contributed by atoms with Gasteiger partial charge in [-0.15, -0.1) is 0 Å². The van der Waals surface area contributed by atoms with E-state index in [1.807, 2.05) is 36.8 Å². The maximum atomic E-state index is 5.75. The van der Waals surface area contributed by atoms with Crippen LogP contribution in [0.15, 0.2) is 55.1 Å². The number of aromatic nitrogens is 3. The van der Waals surface area contributed by atoms with Crippen LogP contribution >= 0.6 is 0 Å². The Labute approximate surface area is 149 Å². The molecular formula is C20H27N4O+. The minimum absolute atomic E-state index is 0.593. The normalized spacial score (nSPS) is 11.1. The minimum atomic E-state index is 0.593. The highest BCUT2D eigenvalue weighted by Gasteiger charge is 2.04. The number of nitrogens with zero attached hydrogens (tertiary/aromatic N) is 3. The van der Waals surface area contributed by atoms with Gasteiger partial charge in [-0.25, -0.2) is 4.98 Å². The summed E-state index contributed by atoms with van der Waals surface area (Å²) in [6.07, 6.45) is 10.9. The van der Waals surface area contributed by atoms with E-state index in [9.17, 15) is 0 Å². The molecule has 132 valence electrons. The van der Waals surface area contributed by atoms with E-state index in [1.165, 1.54) is 19.3 Å². The van der Waals surface area contributed by atoms with E-state index in [-0.39, 0.29) is 0 Å². The van der Waals surface area contributed by atoms with Crippen LogP contribution in [-0.2, 0) is 18.1 Å². The zero-order valence-electron chi connectivity index (χ0n) is 14.9. The molecule has 0 atom stereocenters. The molecule has 0 aliphatic carbocycles. The SMILES string of the molecule is CCCCCCOC[n+]1cccc(NCn2cnc3ccccc32)c1. The summed E-state index contributed by atoms with van der Waals surface area (Å²) in [5.41, 5.74) is 3.22. The number of hydrogen-bond acceptors (Lipinski definition) is 3. The fourth-order valence-corrected chi connectivity index (χ4v) is 2.82. The highest BCUT2D eigenvalue weighted by Crippen LogP contribution is 2.12. The first-order valence-corrected chi connectivity index (χ1v) is 9.07. The van der Waals surface area contributed by atoms with Gasteiger partial charge in [-0.3, -0.25) is 0 Å². The van der Waals surface area contributed by atoms with E-state index in [0.29, 0.717) is 13.4 Å². The Morgan fingerprint density at radius 3 is 2.96 bits per heavy atom. The summed E-state index contributed by atoms with van der Waals surface area (Å²) >= 11 is 0. The molecule has 0 unspecified atom stereocenters. The molecule has 5 nitrogen and oxygen atoms in total. The first-order chi connectivity index (χ1) is 12.4. The predicted molar refractivity (Wildman–Crippen MR) is 100 cm³/mol. The van der Waals surface area contributed by atoms with E-state index in [1.54, 1.807) is 0 Å². The van der Waals surface area contributed by atoms with Crippen molar-refractivity contribution in [2.75, 3.05) is 11.9 Å². The summed E-state index contributed by atoms with van der Waals surface area (Å²) in [5.74, 6) is 0. The molecule has 0 bridgehead atoms. The Bertz CT molecular complexity index is 784. The molecule has 2 heterocycles. The Kier molecular flexibility index (Phi) is 6.40. The van der Waals surface area contributed by atoms with Gasteiger partial charge in [-0.2, -0.15) is 4.57 Å². The molecule has 2 aromatic heterocycles. The smallest absolute Gasteiger partial charge is 0.252 e. The third-order valence-corrected chi connectivity index (χ3v) is 4.22. The van der Waals surface area contributed by atoms with E-state index < -0.39 is 0 Å². The van der Waals surface area contributed by atoms with Crippen molar-refractivity contribution in [2.45, 2.75) is 46.0 Å². The van der Waals surface area contributed by atoms with Gasteiger partial charge < -0.3 is 14.6 Å². The molecule has 5 heteroatoms. The van der Waals surface area contributed by atoms with Crippen molar-refractivity contribution >= 4 is 16.7 Å². The molecule has 25 heavy (non-hydrogen) atoms. The molecule has 0 amide bonds. The van der Waals surface area contributed by atoms with E-state index in [2.05, 4.69) is 44.7 Å². The van der Waals surface area contributed by atoms with Crippen LogP contribution in [0.5, 0.6) is 0 Å². The van der Waals surface area contributed by atoms with Crippen molar-refractivity contribution in [3.05, 3.63) is 55.1 Å². The number of hydrogen-bond donors (Lipinski definition) is 1. The van der Waals surface area contributed by atoms with Gasteiger partial charge in [-0.05, 0) is 24.6 Å². The lowest BCUT2D eigenvalue weighted by Gasteiger charge is -2.07. The molecular weight excluding hydrogens is 312 g/mol. The van der Waals surface area contributed by atoms with E-state index >= 15 is 0 Å². The highest BCUT2D eigenvalue weighted by atomic mass is 16.5. The number of pyridine rings is 1. The molecule has 3 rings (SSSR count). The monoisotopic (exact) mass is 339 g/mol. The third kappa shape index (κ3) is 5.03. The second-order valence-electron chi connectivity index (χ2n) is 6.24. The number of para-hydroxylation sites is 2. The summed E-state index contributed by atoms with van der Waals surface area (Å²) in [6.45, 7) is 4.32. The molecule has 0 aliphatic rings. The van der Waals surface area contributed by atoms with Gasteiger partial charge in [0.15, 0.2) is 12.4 Å². The summed E-state index contributed by atoms with van der Waals surface area (Å²) < 4.78 is 9.92. The van der Waals surface area contributed by atoms with Gasteiger partial charge in [0.05, 0.1) is 30.6 Å². The van der Waals surface area contributed by atoms with Gasteiger partial charge in [0.25, 0.3) is 6.73 Å². The molecule has 3 aromatic rings. The Balaban J connectivity index is 1.50. The number of rotatable bonds is 10. The molecule has 1 aromatic carbocycles. The maximum Gasteiger partial charge on any atom is 0.252 e. The Morgan fingerprint density at radius 2 is 2.04 bits per heavy atom. The molecule has 0 saturated carbocycles. The predicted octanol–water partition coefficient (Wildman–Crippen LogP) is 3.95. The molecule has 0 radical (unpaired) electrons. The van der Waals surface area contributed by atoms with Crippen LogP contribution in [0, 0.1) is 0 Å². The van der Waals surface area contributed by atoms with Crippen molar-refractivity contribution in [1.82, 2.24) is 9.55 Å². The summed E-state index contributed by atoms with van der Waals surface area (Å²) in [7, 11) is 0. The number of nitrogens with one attached hydrogen (secondary N) is 1. The zero-order valence-corrected chi connectivity index (χ0v) is 14.9. The first kappa shape index (κ1) is 17.4. The standard InChI is InChI=1S/C20H27N4O/c1-2-3-4-7-13-25-17-23-12-8-9-18(14-23)21-15-24-16-22-19-10-5-6-11-20(19)24/h5-6,8-12,14,16,21H,2-4,7,13,15,17H2,1H3/q+1. The maximum absolute atomic E-state index is 5.75.